The van der Waals surface area contributed by atoms with E-state index in [1.807, 2.05) is 24.3 Å². The van der Waals surface area contributed by atoms with Crippen LogP contribution < -0.4 is 16.4 Å². The molecular formula is C19H30N4O2. The van der Waals surface area contributed by atoms with E-state index in [0.717, 1.165) is 30.6 Å². The number of hydrogen-bond acceptors (Lipinski definition) is 4. The highest BCUT2D eigenvalue weighted by molar-refractivity contribution is 5.93. The molecule has 0 spiro atoms. The molecule has 138 valence electrons. The number of hydrogen-bond donors (Lipinski definition) is 3. The summed E-state index contributed by atoms with van der Waals surface area (Å²) in [5, 5.41) is 5.86. The van der Waals surface area contributed by atoms with Crippen molar-refractivity contribution in [1.29, 1.82) is 0 Å². The molecule has 0 bridgehead atoms. The molecule has 25 heavy (non-hydrogen) atoms. The Labute approximate surface area is 150 Å². The summed E-state index contributed by atoms with van der Waals surface area (Å²) in [6.07, 6.45) is 1.79. The second-order valence-corrected chi connectivity index (χ2v) is 6.94. The zero-order chi connectivity index (χ0) is 18.2. The minimum Gasteiger partial charge on any atom is -0.355 e. The summed E-state index contributed by atoms with van der Waals surface area (Å²) < 4.78 is 0. The van der Waals surface area contributed by atoms with Gasteiger partial charge in [-0.15, -0.1) is 0 Å². The molecule has 2 amide bonds. The molecule has 0 radical (unpaired) electrons. The molecule has 6 nitrogen and oxygen atoms in total. The van der Waals surface area contributed by atoms with Crippen molar-refractivity contribution in [1.82, 2.24) is 10.2 Å². The van der Waals surface area contributed by atoms with Gasteiger partial charge < -0.3 is 16.4 Å². The van der Waals surface area contributed by atoms with Gasteiger partial charge in [-0.2, -0.15) is 0 Å². The molecule has 4 N–H and O–H groups in total. The molecule has 0 saturated carbocycles. The van der Waals surface area contributed by atoms with Crippen LogP contribution in [-0.2, 0) is 9.59 Å². The normalized spacial score (nSPS) is 18.2. The smallest absolute Gasteiger partial charge is 0.238 e. The van der Waals surface area contributed by atoms with Gasteiger partial charge in [-0.3, -0.25) is 14.5 Å². The number of benzene rings is 1. The maximum absolute atomic E-state index is 12.4. The Bertz CT molecular complexity index is 589. The van der Waals surface area contributed by atoms with Gasteiger partial charge in [0.05, 0.1) is 12.5 Å². The Kier molecular flexibility index (Phi) is 7.40. The summed E-state index contributed by atoms with van der Waals surface area (Å²) in [6, 6.07) is 7.89. The molecule has 0 aromatic heterocycles. The summed E-state index contributed by atoms with van der Waals surface area (Å²) in [5.41, 5.74) is 7.43. The van der Waals surface area contributed by atoms with Crippen molar-refractivity contribution in [2.24, 2.45) is 11.7 Å². The van der Waals surface area contributed by atoms with E-state index in [-0.39, 0.29) is 17.7 Å². The van der Waals surface area contributed by atoms with Crippen LogP contribution in [0.1, 0.15) is 38.2 Å². The van der Waals surface area contributed by atoms with Crippen LogP contribution >= 0.6 is 0 Å². The lowest BCUT2D eigenvalue weighted by Gasteiger charge is -2.31. The van der Waals surface area contributed by atoms with Crippen molar-refractivity contribution in [3.8, 4) is 0 Å². The number of anilines is 1. The maximum Gasteiger partial charge on any atom is 0.238 e. The van der Waals surface area contributed by atoms with Gasteiger partial charge >= 0.3 is 0 Å². The van der Waals surface area contributed by atoms with E-state index in [9.17, 15) is 9.59 Å². The fourth-order valence-corrected chi connectivity index (χ4v) is 3.26. The number of nitrogens with two attached hydrogens (primary N) is 1. The monoisotopic (exact) mass is 346 g/mol. The molecule has 1 aliphatic rings. The first-order valence-corrected chi connectivity index (χ1v) is 9.10. The summed E-state index contributed by atoms with van der Waals surface area (Å²) in [4.78, 5) is 26.6. The van der Waals surface area contributed by atoms with Gasteiger partial charge in [-0.1, -0.05) is 32.0 Å². The predicted molar refractivity (Wildman–Crippen MR) is 100 cm³/mol. The highest BCUT2D eigenvalue weighted by atomic mass is 16.2. The molecule has 1 aromatic carbocycles. The fraction of sp³-hybridized carbons (Fsp3) is 0.579. The molecule has 1 heterocycles. The van der Waals surface area contributed by atoms with Crippen LogP contribution in [0.3, 0.4) is 0 Å². The Balaban J connectivity index is 1.89. The number of rotatable bonds is 7. The number of likely N-dealkylation sites (tertiary alicyclic amines) is 1. The minimum atomic E-state index is -0.0592. The highest BCUT2D eigenvalue weighted by Gasteiger charge is 2.26. The average Bonchev–Trinajstić information content (AvgIpc) is 2.60. The van der Waals surface area contributed by atoms with Crippen molar-refractivity contribution >= 4 is 17.5 Å². The number of piperidine rings is 1. The molecule has 1 aliphatic heterocycles. The van der Waals surface area contributed by atoms with Crippen LogP contribution in [0.15, 0.2) is 24.3 Å². The molecule has 6 heteroatoms. The molecule has 1 unspecified atom stereocenters. The van der Waals surface area contributed by atoms with E-state index in [1.54, 1.807) is 0 Å². The lowest BCUT2D eigenvalue weighted by molar-refractivity contribution is -0.127. The summed E-state index contributed by atoms with van der Waals surface area (Å²) >= 11 is 0. The Morgan fingerprint density at radius 2 is 2.08 bits per heavy atom. The van der Waals surface area contributed by atoms with E-state index in [2.05, 4.69) is 29.4 Å². The van der Waals surface area contributed by atoms with E-state index >= 15 is 0 Å². The lowest BCUT2D eigenvalue weighted by Crippen LogP contribution is -2.46. The second kappa shape index (κ2) is 9.53. The summed E-state index contributed by atoms with van der Waals surface area (Å²) in [7, 11) is 0. The van der Waals surface area contributed by atoms with Gasteiger partial charge in [0.1, 0.15) is 0 Å². The second-order valence-electron chi connectivity index (χ2n) is 6.94. The first-order valence-electron chi connectivity index (χ1n) is 9.10. The van der Waals surface area contributed by atoms with Gasteiger partial charge in [-0.05, 0) is 36.9 Å². The Morgan fingerprint density at radius 3 is 2.80 bits per heavy atom. The molecular weight excluding hydrogens is 316 g/mol. The van der Waals surface area contributed by atoms with Gasteiger partial charge in [-0.25, -0.2) is 0 Å². The predicted octanol–water partition coefficient (Wildman–Crippen LogP) is 1.54. The standard InChI is InChI=1S/C19H30N4O2/c1-14(2)16-7-3-4-8-17(16)22-18(24)13-23-11-5-6-15(12-23)19(25)21-10-9-20/h3-4,7-8,14-15H,5-6,9-13,20H2,1-2H3,(H,21,25)(H,22,24). The van der Waals surface area contributed by atoms with Crippen molar-refractivity contribution in [3.63, 3.8) is 0 Å². The fourth-order valence-electron chi connectivity index (χ4n) is 3.26. The number of carbonyl (C=O) groups excluding carboxylic acids is 2. The first-order chi connectivity index (χ1) is 12.0. The lowest BCUT2D eigenvalue weighted by atomic mass is 9.97. The summed E-state index contributed by atoms with van der Waals surface area (Å²) in [6.45, 7) is 6.95. The van der Waals surface area contributed by atoms with Crippen molar-refractivity contribution in [2.75, 3.05) is 38.0 Å². The van der Waals surface area contributed by atoms with E-state index in [4.69, 9.17) is 5.73 Å². The molecule has 1 fully saturated rings. The van der Waals surface area contributed by atoms with E-state index in [0.29, 0.717) is 32.1 Å². The SMILES string of the molecule is CC(C)c1ccccc1NC(=O)CN1CCCC(C(=O)NCCN)C1. The number of para-hydroxylation sites is 1. The van der Waals surface area contributed by atoms with Crippen molar-refractivity contribution in [2.45, 2.75) is 32.6 Å². The molecule has 0 aliphatic carbocycles. The van der Waals surface area contributed by atoms with Crippen molar-refractivity contribution in [3.05, 3.63) is 29.8 Å². The summed E-state index contributed by atoms with van der Waals surface area (Å²) in [5.74, 6) is 0.301. The van der Waals surface area contributed by atoms with Gasteiger partial charge in [0.15, 0.2) is 0 Å². The van der Waals surface area contributed by atoms with E-state index in [1.165, 1.54) is 0 Å². The van der Waals surface area contributed by atoms with Crippen LogP contribution in [0.25, 0.3) is 0 Å². The quantitative estimate of drug-likeness (QED) is 0.699. The first kappa shape index (κ1) is 19.4. The van der Waals surface area contributed by atoms with E-state index < -0.39 is 0 Å². The topological polar surface area (TPSA) is 87.5 Å². The Hall–Kier alpha value is -1.92. The maximum atomic E-state index is 12.4. The average molecular weight is 346 g/mol. The minimum absolute atomic E-state index is 0.0314. The zero-order valence-electron chi connectivity index (χ0n) is 15.3. The molecule has 2 rings (SSSR count). The third-order valence-corrected chi connectivity index (χ3v) is 4.54. The number of nitrogens with one attached hydrogen (secondary N) is 2. The van der Waals surface area contributed by atoms with Crippen LogP contribution in [-0.4, -0.2) is 49.4 Å². The van der Waals surface area contributed by atoms with Gasteiger partial charge in [0.25, 0.3) is 0 Å². The van der Waals surface area contributed by atoms with Crippen LogP contribution in [0.4, 0.5) is 5.69 Å². The molecule has 1 atom stereocenters. The molecule has 1 saturated heterocycles. The largest absolute Gasteiger partial charge is 0.355 e. The number of amides is 2. The van der Waals surface area contributed by atoms with Gasteiger partial charge in [0.2, 0.25) is 11.8 Å². The van der Waals surface area contributed by atoms with Crippen LogP contribution in [0.5, 0.6) is 0 Å². The van der Waals surface area contributed by atoms with Crippen LogP contribution in [0.2, 0.25) is 0 Å². The van der Waals surface area contributed by atoms with Crippen molar-refractivity contribution < 1.29 is 9.59 Å². The number of nitrogens with zero attached hydrogens (tertiary/aromatic N) is 1. The highest BCUT2D eigenvalue weighted by Crippen LogP contribution is 2.24. The van der Waals surface area contributed by atoms with Crippen LogP contribution in [0, 0.1) is 5.92 Å². The molecule has 1 aromatic rings. The number of carbonyl (C=O) groups is 2. The third kappa shape index (κ3) is 5.83. The van der Waals surface area contributed by atoms with Gasteiger partial charge in [0, 0.05) is 25.3 Å². The third-order valence-electron chi connectivity index (χ3n) is 4.54. The Morgan fingerprint density at radius 1 is 1.32 bits per heavy atom. The zero-order valence-corrected chi connectivity index (χ0v) is 15.3.